The van der Waals surface area contributed by atoms with Crippen LogP contribution < -0.4 is 0 Å². The van der Waals surface area contributed by atoms with Gasteiger partial charge in [0.2, 0.25) is 0 Å². The number of rotatable bonds is 10. The highest BCUT2D eigenvalue weighted by molar-refractivity contribution is 7.99. The van der Waals surface area contributed by atoms with Crippen LogP contribution in [0.3, 0.4) is 0 Å². The second kappa shape index (κ2) is 14.6. The molecule has 7 rings (SSSR count). The summed E-state index contributed by atoms with van der Waals surface area (Å²) in [5, 5.41) is 0. The van der Waals surface area contributed by atoms with Crippen molar-refractivity contribution in [2.24, 2.45) is 0 Å². The van der Waals surface area contributed by atoms with E-state index in [2.05, 4.69) is 101 Å². The fourth-order valence-corrected chi connectivity index (χ4v) is 8.17. The number of thiol groups is 1. The first kappa shape index (κ1) is 33.8. The highest BCUT2D eigenvalue weighted by Crippen LogP contribution is 2.53. The molecule has 1 heterocycles. The lowest BCUT2D eigenvalue weighted by Gasteiger charge is -2.22. The maximum absolute atomic E-state index is 5.16. The van der Waals surface area contributed by atoms with E-state index in [1.807, 2.05) is 60.7 Å². The maximum atomic E-state index is 5.16. The highest BCUT2D eigenvalue weighted by atomic mass is 32.2. The minimum Gasteiger partial charge on any atom is -0.208 e. The summed E-state index contributed by atoms with van der Waals surface area (Å²) < 4.78 is 0. The van der Waals surface area contributed by atoms with Crippen molar-refractivity contribution in [2.45, 2.75) is 67.1 Å². The predicted molar refractivity (Wildman–Crippen MR) is 213 cm³/mol. The summed E-state index contributed by atoms with van der Waals surface area (Å²) in [6, 6.07) is 40.2. The lowest BCUT2D eigenvalue weighted by molar-refractivity contribution is 0.659. The van der Waals surface area contributed by atoms with E-state index >= 15 is 0 Å². The van der Waals surface area contributed by atoms with E-state index in [0.29, 0.717) is 17.5 Å². The summed E-state index contributed by atoms with van der Waals surface area (Å²) >= 11 is 6.95. The van der Waals surface area contributed by atoms with Gasteiger partial charge in [-0.2, -0.15) is 0 Å². The summed E-state index contributed by atoms with van der Waals surface area (Å²) in [6.45, 7) is 9.05. The van der Waals surface area contributed by atoms with Crippen molar-refractivity contribution < 1.29 is 0 Å². The van der Waals surface area contributed by atoms with Crippen LogP contribution in [0.4, 0.5) is 0 Å². The van der Waals surface area contributed by atoms with Gasteiger partial charge in [0.15, 0.2) is 17.5 Å². The van der Waals surface area contributed by atoms with Crippen molar-refractivity contribution >= 4 is 30.0 Å². The van der Waals surface area contributed by atoms with E-state index in [1.54, 1.807) is 11.8 Å². The van der Waals surface area contributed by atoms with Crippen LogP contribution in [0.15, 0.2) is 148 Å². The number of aromatic nitrogens is 3. The van der Waals surface area contributed by atoms with Crippen LogP contribution in [0, 0.1) is 6.92 Å². The average Bonchev–Trinajstić information content (AvgIpc) is 3.39. The Hall–Kier alpha value is -4.71. The molecule has 0 aliphatic heterocycles. The summed E-state index contributed by atoms with van der Waals surface area (Å²) in [7, 11) is 0. The maximum Gasteiger partial charge on any atom is 0.164 e. The highest BCUT2D eigenvalue weighted by Gasteiger charge is 2.36. The Morgan fingerprint density at radius 1 is 0.720 bits per heavy atom. The van der Waals surface area contributed by atoms with Crippen LogP contribution in [-0.4, -0.2) is 15.0 Å². The second-order valence-corrected chi connectivity index (χ2v) is 14.8. The zero-order valence-electron chi connectivity index (χ0n) is 29.0. The first-order valence-corrected chi connectivity index (χ1v) is 18.6. The number of hydrogen-bond donors (Lipinski definition) is 1. The molecule has 0 amide bonds. The summed E-state index contributed by atoms with van der Waals surface area (Å²) in [5.74, 6) is 2.01. The number of hydrogen-bond acceptors (Lipinski definition) is 5. The molecule has 248 valence electrons. The van der Waals surface area contributed by atoms with Gasteiger partial charge in [0.1, 0.15) is 0 Å². The van der Waals surface area contributed by atoms with Crippen LogP contribution in [-0.2, 0) is 11.8 Å². The SMILES string of the molecule is CCC/C=C\C(=C/Cc1cccc(Sc2ccc3c(c2S)-c2ccccc2C3(C)C)c1C)c1nc(-c2ccccc2)nc(-c2ccccc2)n1. The molecule has 6 aromatic rings. The molecular weight excluding hydrogens is 647 g/mol. The van der Waals surface area contributed by atoms with Gasteiger partial charge in [-0.1, -0.05) is 160 Å². The Morgan fingerprint density at radius 2 is 1.38 bits per heavy atom. The molecule has 0 N–H and O–H groups in total. The van der Waals surface area contributed by atoms with E-state index in [1.165, 1.54) is 43.2 Å². The summed E-state index contributed by atoms with van der Waals surface area (Å²) in [5.41, 5.74) is 10.7. The van der Waals surface area contributed by atoms with Crippen LogP contribution in [0.1, 0.15) is 61.7 Å². The van der Waals surface area contributed by atoms with Crippen LogP contribution in [0.25, 0.3) is 39.5 Å². The zero-order chi connectivity index (χ0) is 34.7. The average molecular weight is 688 g/mol. The molecule has 1 aliphatic rings. The van der Waals surface area contributed by atoms with Crippen LogP contribution in [0.2, 0.25) is 0 Å². The molecule has 5 aromatic carbocycles. The van der Waals surface area contributed by atoms with Crippen molar-refractivity contribution in [3.63, 3.8) is 0 Å². The molecular formula is C45H41N3S2. The molecule has 5 heteroatoms. The van der Waals surface area contributed by atoms with E-state index in [0.717, 1.165) is 40.9 Å². The van der Waals surface area contributed by atoms with Crippen molar-refractivity contribution in [3.05, 3.63) is 162 Å². The topological polar surface area (TPSA) is 38.7 Å². The lowest BCUT2D eigenvalue weighted by Crippen LogP contribution is -2.14. The normalized spacial score (nSPS) is 13.4. The van der Waals surface area contributed by atoms with E-state index in [9.17, 15) is 0 Å². The molecule has 3 nitrogen and oxygen atoms in total. The molecule has 50 heavy (non-hydrogen) atoms. The van der Waals surface area contributed by atoms with Crippen molar-refractivity contribution in [3.8, 4) is 33.9 Å². The van der Waals surface area contributed by atoms with Gasteiger partial charge in [0.05, 0.1) is 0 Å². The molecule has 0 unspecified atom stereocenters. The lowest BCUT2D eigenvalue weighted by atomic mass is 9.82. The Morgan fingerprint density at radius 3 is 2.06 bits per heavy atom. The summed E-state index contributed by atoms with van der Waals surface area (Å²) in [4.78, 5) is 18.4. The van der Waals surface area contributed by atoms with Gasteiger partial charge in [0.25, 0.3) is 0 Å². The Bertz CT molecular complexity index is 2160. The van der Waals surface area contributed by atoms with Gasteiger partial charge >= 0.3 is 0 Å². The third-order valence-electron chi connectivity index (χ3n) is 9.55. The van der Waals surface area contributed by atoms with Crippen molar-refractivity contribution in [2.75, 3.05) is 0 Å². The third-order valence-corrected chi connectivity index (χ3v) is 11.4. The summed E-state index contributed by atoms with van der Waals surface area (Å²) in [6.07, 6.45) is 9.47. The van der Waals surface area contributed by atoms with Gasteiger partial charge < -0.3 is 0 Å². The van der Waals surface area contributed by atoms with E-state index < -0.39 is 0 Å². The van der Waals surface area contributed by atoms with Crippen LogP contribution >= 0.6 is 24.4 Å². The van der Waals surface area contributed by atoms with Gasteiger partial charge in [0, 0.05) is 42.4 Å². The monoisotopic (exact) mass is 687 g/mol. The largest absolute Gasteiger partial charge is 0.208 e. The molecule has 0 atom stereocenters. The van der Waals surface area contributed by atoms with Crippen molar-refractivity contribution in [1.82, 2.24) is 15.0 Å². The molecule has 0 saturated heterocycles. The Kier molecular flexibility index (Phi) is 9.89. The van der Waals surface area contributed by atoms with Crippen LogP contribution in [0.5, 0.6) is 0 Å². The Balaban J connectivity index is 1.24. The number of unbranched alkanes of at least 4 members (excludes halogenated alkanes) is 1. The first-order chi connectivity index (χ1) is 24.3. The van der Waals surface area contributed by atoms with Gasteiger partial charge in [-0.25, -0.2) is 15.0 Å². The number of nitrogens with zero attached hydrogens (tertiary/aromatic N) is 3. The molecule has 0 saturated carbocycles. The fourth-order valence-electron chi connectivity index (χ4n) is 6.72. The fraction of sp³-hybridized carbons (Fsp3) is 0.178. The molecule has 0 bridgehead atoms. The van der Waals surface area contributed by atoms with E-state index in [4.69, 9.17) is 27.6 Å². The number of fused-ring (bicyclic) bond motifs is 3. The number of benzene rings is 5. The standard InChI is InChI=1S/C45H41N3S2/c1-5-6-9-17-34(44-47-42(32-18-10-7-11-19-32)46-43(48-44)33-20-12-8-13-21-33)27-26-31-22-16-25-38(30(31)2)50-39-29-28-37-40(41(39)49)35-23-14-15-24-36(35)45(37,3)4/h7-25,27-29,49H,5-6,26H2,1-4H3/b17-9-,34-27+. The zero-order valence-corrected chi connectivity index (χ0v) is 30.7. The van der Waals surface area contributed by atoms with Crippen molar-refractivity contribution in [1.29, 1.82) is 0 Å². The molecule has 1 aromatic heterocycles. The smallest absolute Gasteiger partial charge is 0.164 e. The minimum absolute atomic E-state index is 0.0414. The first-order valence-electron chi connectivity index (χ1n) is 17.3. The van der Waals surface area contributed by atoms with Gasteiger partial charge in [-0.3, -0.25) is 0 Å². The molecule has 0 radical (unpaired) electrons. The minimum atomic E-state index is -0.0414. The predicted octanol–water partition coefficient (Wildman–Crippen LogP) is 12.2. The molecule has 1 aliphatic carbocycles. The molecule has 0 fully saturated rings. The van der Waals surface area contributed by atoms with Gasteiger partial charge in [-0.15, -0.1) is 12.6 Å². The second-order valence-electron chi connectivity index (χ2n) is 13.2. The van der Waals surface area contributed by atoms with E-state index in [-0.39, 0.29) is 5.41 Å². The third kappa shape index (κ3) is 6.73. The van der Waals surface area contributed by atoms with Gasteiger partial charge in [-0.05, 0) is 59.7 Å². The quantitative estimate of drug-likeness (QED) is 0.115. The number of allylic oxidation sites excluding steroid dienone is 4. The molecule has 0 spiro atoms. The Labute approximate surface area is 306 Å².